The van der Waals surface area contributed by atoms with Gasteiger partial charge in [0.05, 0.1) is 11.1 Å². The van der Waals surface area contributed by atoms with Gasteiger partial charge in [0, 0.05) is 33.3 Å². The van der Waals surface area contributed by atoms with Crippen LogP contribution in [-0.4, -0.2) is 0 Å². The van der Waals surface area contributed by atoms with Crippen molar-refractivity contribution in [3.05, 3.63) is 265 Å². The van der Waals surface area contributed by atoms with Crippen LogP contribution in [0.1, 0.15) is 27.8 Å². The molecule has 9 aromatic carbocycles. The molecule has 0 aliphatic heterocycles. The first-order chi connectivity index (χ1) is 31.2. The number of hydrogen-bond acceptors (Lipinski definition) is 2. The Hall–Kier alpha value is -8.20. The quantitative estimate of drug-likeness (QED) is 0.142. The van der Waals surface area contributed by atoms with E-state index in [1.807, 2.05) is 24.3 Å². The number of fused-ring (bicyclic) bond motifs is 13. The zero-order valence-electron chi connectivity index (χ0n) is 34.6. The number of allylic oxidation sites excluding steroid dienone is 4. The van der Waals surface area contributed by atoms with E-state index in [4.69, 9.17) is 4.42 Å². The summed E-state index contributed by atoms with van der Waals surface area (Å²) in [5, 5.41) is 2.21. The third-order valence-electron chi connectivity index (χ3n) is 13.2. The van der Waals surface area contributed by atoms with Crippen molar-refractivity contribution in [1.29, 1.82) is 0 Å². The minimum absolute atomic E-state index is 0.454. The third kappa shape index (κ3) is 5.45. The Balaban J connectivity index is 1.06. The van der Waals surface area contributed by atoms with Crippen molar-refractivity contribution in [2.75, 3.05) is 4.90 Å². The molecule has 0 N–H and O–H groups in total. The molecule has 0 saturated carbocycles. The topological polar surface area (TPSA) is 16.4 Å². The molecule has 12 rings (SSSR count). The van der Waals surface area contributed by atoms with Gasteiger partial charge in [0.25, 0.3) is 0 Å². The summed E-state index contributed by atoms with van der Waals surface area (Å²) < 4.78 is 6.59. The number of furan rings is 1. The molecule has 1 aromatic heterocycles. The minimum Gasteiger partial charge on any atom is -0.455 e. The Labute approximate surface area is 367 Å². The van der Waals surface area contributed by atoms with Crippen LogP contribution in [0.4, 0.5) is 17.1 Å². The first-order valence-corrected chi connectivity index (χ1v) is 21.6. The van der Waals surface area contributed by atoms with Crippen molar-refractivity contribution < 1.29 is 4.42 Å². The van der Waals surface area contributed by atoms with Crippen LogP contribution in [0.2, 0.25) is 0 Å². The number of benzene rings is 9. The van der Waals surface area contributed by atoms with E-state index in [0.29, 0.717) is 0 Å². The third-order valence-corrected chi connectivity index (χ3v) is 13.2. The molecule has 0 atom stereocenters. The fourth-order valence-electron chi connectivity index (χ4n) is 10.6. The van der Waals surface area contributed by atoms with Crippen molar-refractivity contribution in [2.45, 2.75) is 5.41 Å². The summed E-state index contributed by atoms with van der Waals surface area (Å²) in [5.41, 5.74) is 21.5. The van der Waals surface area contributed by atoms with Gasteiger partial charge in [-0.1, -0.05) is 195 Å². The van der Waals surface area contributed by atoms with Gasteiger partial charge in [-0.15, -0.1) is 0 Å². The second-order valence-electron chi connectivity index (χ2n) is 16.4. The van der Waals surface area contributed by atoms with E-state index in [1.54, 1.807) is 0 Å². The summed E-state index contributed by atoms with van der Waals surface area (Å²) in [5.74, 6) is 0. The number of anilines is 3. The largest absolute Gasteiger partial charge is 0.455 e. The molecule has 0 fully saturated rings. The number of nitrogens with zero attached hydrogens (tertiary/aromatic N) is 1. The van der Waals surface area contributed by atoms with E-state index in [1.165, 1.54) is 44.5 Å². The lowest BCUT2D eigenvalue weighted by Crippen LogP contribution is -2.26. The Morgan fingerprint density at radius 3 is 1.79 bits per heavy atom. The van der Waals surface area contributed by atoms with Crippen LogP contribution >= 0.6 is 0 Å². The molecule has 0 unspecified atom stereocenters. The van der Waals surface area contributed by atoms with Gasteiger partial charge >= 0.3 is 0 Å². The number of rotatable bonds is 8. The highest BCUT2D eigenvalue weighted by atomic mass is 16.3. The first kappa shape index (κ1) is 36.6. The summed E-state index contributed by atoms with van der Waals surface area (Å²) in [4.78, 5) is 2.44. The smallest absolute Gasteiger partial charge is 0.143 e. The second-order valence-corrected chi connectivity index (χ2v) is 16.4. The Bertz CT molecular complexity index is 3450. The zero-order chi connectivity index (χ0) is 42.1. The molecule has 0 bridgehead atoms. The van der Waals surface area contributed by atoms with Crippen LogP contribution in [0, 0.1) is 0 Å². The molecule has 63 heavy (non-hydrogen) atoms. The summed E-state index contributed by atoms with van der Waals surface area (Å²) >= 11 is 0. The molecule has 296 valence electrons. The Kier molecular flexibility index (Phi) is 8.42. The van der Waals surface area contributed by atoms with Gasteiger partial charge in [0.2, 0.25) is 0 Å². The molecule has 0 radical (unpaired) electrons. The lowest BCUT2D eigenvalue weighted by atomic mass is 9.70. The van der Waals surface area contributed by atoms with Gasteiger partial charge in [-0.25, -0.2) is 0 Å². The molecule has 1 spiro atoms. The molecular weight excluding hydrogens is 763 g/mol. The molecule has 1 heterocycles. The van der Waals surface area contributed by atoms with Crippen LogP contribution in [-0.2, 0) is 5.41 Å². The zero-order valence-corrected chi connectivity index (χ0v) is 34.6. The molecule has 2 aliphatic carbocycles. The predicted molar refractivity (Wildman–Crippen MR) is 264 cm³/mol. The van der Waals surface area contributed by atoms with E-state index in [9.17, 15) is 0 Å². The lowest BCUT2D eigenvalue weighted by Gasteiger charge is -2.32. The number of hydrogen-bond donors (Lipinski definition) is 0. The summed E-state index contributed by atoms with van der Waals surface area (Å²) in [6.45, 7) is 8.04. The van der Waals surface area contributed by atoms with Crippen molar-refractivity contribution >= 4 is 44.6 Å². The van der Waals surface area contributed by atoms with Crippen LogP contribution in [0.15, 0.2) is 242 Å². The molecule has 0 amide bonds. The van der Waals surface area contributed by atoms with E-state index in [-0.39, 0.29) is 0 Å². The highest BCUT2D eigenvalue weighted by molar-refractivity contribution is 6.11. The maximum Gasteiger partial charge on any atom is 0.143 e. The average Bonchev–Trinajstić information content (AvgIpc) is 3.98. The SMILES string of the molecule is C=C/C=C(\C=C)c1ccc(N(c2cccc(-c3ccc4oc5c(-c6ccccc6)cccc5c4c3)c2)c2cccc3c2-c2ccccc2C32c3ccccc3-c3ccccc32)cc1. The van der Waals surface area contributed by atoms with Gasteiger partial charge in [-0.2, -0.15) is 0 Å². The summed E-state index contributed by atoms with van der Waals surface area (Å²) in [6.07, 6.45) is 5.70. The lowest BCUT2D eigenvalue weighted by molar-refractivity contribution is 0.670. The average molecular weight is 804 g/mol. The normalized spacial score (nSPS) is 13.1. The van der Waals surface area contributed by atoms with Gasteiger partial charge in [0.15, 0.2) is 0 Å². The van der Waals surface area contributed by atoms with Crippen molar-refractivity contribution in [3.63, 3.8) is 0 Å². The predicted octanol–water partition coefficient (Wildman–Crippen LogP) is 16.5. The highest BCUT2D eigenvalue weighted by Crippen LogP contribution is 2.64. The molecule has 2 aliphatic rings. The summed E-state index contributed by atoms with van der Waals surface area (Å²) in [6, 6.07) is 75.2. The molecule has 2 heteroatoms. The monoisotopic (exact) mass is 803 g/mol. The molecule has 10 aromatic rings. The van der Waals surface area contributed by atoms with Crippen molar-refractivity contribution in [3.8, 4) is 44.5 Å². The standard InChI is InChI=1S/C61H41NO/c1-3-17-40(4-2)41-32-35-45(36-33-41)62(46-21-14-20-43(38-46)44-34-37-58-52(39-44)50-26-15-25-47(60(50)63-58)42-18-6-5-7-19-42)57-31-16-30-56-59(57)51-24-10-13-29-55(51)61(56)53-27-11-8-22-48(53)49-23-9-12-28-54(49)61/h3-39H,1-2H2/b40-17+. The van der Waals surface area contributed by atoms with Gasteiger partial charge < -0.3 is 9.32 Å². The fraction of sp³-hybridized carbons (Fsp3) is 0.0164. The highest BCUT2D eigenvalue weighted by Gasteiger charge is 2.52. The molecular formula is C61H41NO. The van der Waals surface area contributed by atoms with Crippen LogP contribution in [0.3, 0.4) is 0 Å². The van der Waals surface area contributed by atoms with Gasteiger partial charge in [-0.05, 0) is 109 Å². The second kappa shape index (κ2) is 14.5. The van der Waals surface area contributed by atoms with Crippen molar-refractivity contribution in [2.24, 2.45) is 0 Å². The van der Waals surface area contributed by atoms with Crippen LogP contribution < -0.4 is 4.90 Å². The number of para-hydroxylation sites is 1. The Morgan fingerprint density at radius 2 is 1.06 bits per heavy atom. The molecule has 0 saturated heterocycles. The molecule has 2 nitrogen and oxygen atoms in total. The van der Waals surface area contributed by atoms with Crippen molar-refractivity contribution in [1.82, 2.24) is 0 Å². The van der Waals surface area contributed by atoms with Crippen LogP contribution in [0.25, 0.3) is 72.0 Å². The Morgan fingerprint density at radius 1 is 0.460 bits per heavy atom. The maximum atomic E-state index is 6.59. The van der Waals surface area contributed by atoms with E-state index < -0.39 is 5.41 Å². The van der Waals surface area contributed by atoms with E-state index in [2.05, 4.69) is 218 Å². The minimum atomic E-state index is -0.454. The summed E-state index contributed by atoms with van der Waals surface area (Å²) in [7, 11) is 0. The first-order valence-electron chi connectivity index (χ1n) is 21.6. The van der Waals surface area contributed by atoms with Gasteiger partial charge in [0.1, 0.15) is 11.2 Å². The van der Waals surface area contributed by atoms with E-state index >= 15 is 0 Å². The maximum absolute atomic E-state index is 6.59. The van der Waals surface area contributed by atoms with E-state index in [0.717, 1.165) is 72.4 Å². The van der Waals surface area contributed by atoms with Gasteiger partial charge in [-0.3, -0.25) is 0 Å². The fourth-order valence-corrected chi connectivity index (χ4v) is 10.6. The van der Waals surface area contributed by atoms with Crippen LogP contribution in [0.5, 0.6) is 0 Å².